The SMILES string of the molecule is CNCCC(=O)Nc1ccc(F)c([N+](=O)[O-])c1. The van der Waals surface area contributed by atoms with Gasteiger partial charge in [-0.05, 0) is 19.2 Å². The summed E-state index contributed by atoms with van der Waals surface area (Å²) in [4.78, 5) is 21.0. The Labute approximate surface area is 97.0 Å². The standard InChI is InChI=1S/C10H12FN3O3/c1-12-5-4-10(15)13-7-2-3-8(11)9(6-7)14(16)17/h2-3,6,12H,4-5H2,1H3,(H,13,15). The molecule has 0 spiro atoms. The molecule has 0 aromatic heterocycles. The summed E-state index contributed by atoms with van der Waals surface area (Å²) in [6, 6.07) is 3.22. The Kier molecular flexibility index (Phi) is 4.53. The van der Waals surface area contributed by atoms with Gasteiger partial charge in [-0.15, -0.1) is 0 Å². The number of nitrogens with zero attached hydrogens (tertiary/aromatic N) is 1. The first-order valence-corrected chi connectivity index (χ1v) is 4.93. The Balaban J connectivity index is 2.75. The van der Waals surface area contributed by atoms with Crippen LogP contribution in [0.4, 0.5) is 15.8 Å². The number of anilines is 1. The van der Waals surface area contributed by atoms with Gasteiger partial charge in [0.2, 0.25) is 11.7 Å². The number of hydrogen-bond donors (Lipinski definition) is 2. The quantitative estimate of drug-likeness (QED) is 0.600. The van der Waals surface area contributed by atoms with Crippen molar-refractivity contribution in [3.05, 3.63) is 34.1 Å². The average Bonchev–Trinajstić information content (AvgIpc) is 2.28. The molecular weight excluding hydrogens is 229 g/mol. The van der Waals surface area contributed by atoms with Crippen LogP contribution in [0.3, 0.4) is 0 Å². The molecule has 6 nitrogen and oxygen atoms in total. The van der Waals surface area contributed by atoms with Gasteiger partial charge in [-0.1, -0.05) is 0 Å². The Morgan fingerprint density at radius 1 is 1.53 bits per heavy atom. The molecule has 1 aromatic rings. The normalized spacial score (nSPS) is 10.0. The van der Waals surface area contributed by atoms with Gasteiger partial charge in [-0.3, -0.25) is 14.9 Å². The minimum atomic E-state index is -0.928. The molecule has 0 unspecified atom stereocenters. The predicted octanol–water partition coefficient (Wildman–Crippen LogP) is 1.28. The lowest BCUT2D eigenvalue weighted by molar-refractivity contribution is -0.387. The zero-order chi connectivity index (χ0) is 12.8. The second kappa shape index (κ2) is 5.90. The van der Waals surface area contributed by atoms with E-state index in [1.165, 1.54) is 6.07 Å². The summed E-state index contributed by atoms with van der Waals surface area (Å²) in [5, 5.41) is 15.7. The van der Waals surface area contributed by atoms with Gasteiger partial charge < -0.3 is 10.6 Å². The Morgan fingerprint density at radius 2 is 2.24 bits per heavy atom. The highest BCUT2D eigenvalue weighted by Crippen LogP contribution is 2.21. The molecule has 1 aromatic carbocycles. The minimum Gasteiger partial charge on any atom is -0.326 e. The van der Waals surface area contributed by atoms with Crippen molar-refractivity contribution in [3.63, 3.8) is 0 Å². The van der Waals surface area contributed by atoms with Crippen LogP contribution in [0.1, 0.15) is 6.42 Å². The van der Waals surface area contributed by atoms with Crippen LogP contribution in [0.5, 0.6) is 0 Å². The van der Waals surface area contributed by atoms with E-state index in [1.54, 1.807) is 7.05 Å². The largest absolute Gasteiger partial charge is 0.326 e. The first kappa shape index (κ1) is 13.0. The van der Waals surface area contributed by atoms with E-state index in [2.05, 4.69) is 10.6 Å². The molecule has 0 saturated heterocycles. The number of halogens is 1. The molecular formula is C10H12FN3O3. The van der Waals surface area contributed by atoms with Crippen LogP contribution in [0.2, 0.25) is 0 Å². The smallest absolute Gasteiger partial charge is 0.306 e. The van der Waals surface area contributed by atoms with Crippen LogP contribution >= 0.6 is 0 Å². The van der Waals surface area contributed by atoms with E-state index in [4.69, 9.17) is 0 Å². The van der Waals surface area contributed by atoms with E-state index in [-0.39, 0.29) is 18.0 Å². The summed E-state index contributed by atoms with van der Waals surface area (Å²) in [6.07, 6.45) is 0.238. The second-order valence-corrected chi connectivity index (χ2v) is 3.33. The third-order valence-electron chi connectivity index (χ3n) is 2.03. The topological polar surface area (TPSA) is 84.3 Å². The molecule has 1 rings (SSSR count). The number of rotatable bonds is 5. The van der Waals surface area contributed by atoms with Crippen LogP contribution in [0.15, 0.2) is 18.2 Å². The minimum absolute atomic E-state index is 0.208. The van der Waals surface area contributed by atoms with Gasteiger partial charge in [-0.2, -0.15) is 4.39 Å². The van der Waals surface area contributed by atoms with Crippen molar-refractivity contribution in [2.75, 3.05) is 18.9 Å². The highest BCUT2D eigenvalue weighted by atomic mass is 19.1. The van der Waals surface area contributed by atoms with Crippen molar-refractivity contribution in [2.45, 2.75) is 6.42 Å². The van der Waals surface area contributed by atoms with E-state index in [0.29, 0.717) is 6.54 Å². The fourth-order valence-corrected chi connectivity index (χ4v) is 1.19. The summed E-state index contributed by atoms with van der Waals surface area (Å²) in [5.74, 6) is -1.22. The van der Waals surface area contributed by atoms with Crippen molar-refractivity contribution >= 4 is 17.3 Å². The zero-order valence-electron chi connectivity index (χ0n) is 9.20. The molecule has 0 radical (unpaired) electrons. The summed E-state index contributed by atoms with van der Waals surface area (Å²) < 4.78 is 13.0. The molecule has 7 heteroatoms. The van der Waals surface area contributed by atoms with Gasteiger partial charge in [0.25, 0.3) is 0 Å². The van der Waals surface area contributed by atoms with Crippen LogP contribution < -0.4 is 10.6 Å². The molecule has 1 amide bonds. The number of carbonyl (C=O) groups is 1. The molecule has 0 aliphatic carbocycles. The number of nitro benzene ring substituents is 1. The lowest BCUT2D eigenvalue weighted by Gasteiger charge is -2.04. The highest BCUT2D eigenvalue weighted by molar-refractivity contribution is 5.91. The lowest BCUT2D eigenvalue weighted by Crippen LogP contribution is -2.18. The van der Waals surface area contributed by atoms with Crippen LogP contribution in [0, 0.1) is 15.9 Å². The predicted molar refractivity (Wildman–Crippen MR) is 60.2 cm³/mol. The Bertz CT molecular complexity index is 437. The van der Waals surface area contributed by atoms with Gasteiger partial charge in [0.05, 0.1) is 4.92 Å². The molecule has 2 N–H and O–H groups in total. The molecule has 0 fully saturated rings. The van der Waals surface area contributed by atoms with Crippen molar-refractivity contribution in [3.8, 4) is 0 Å². The first-order chi connectivity index (χ1) is 8.04. The van der Waals surface area contributed by atoms with E-state index < -0.39 is 16.4 Å². The third kappa shape index (κ3) is 3.80. The van der Waals surface area contributed by atoms with E-state index >= 15 is 0 Å². The summed E-state index contributed by atoms with van der Waals surface area (Å²) in [6.45, 7) is 0.495. The first-order valence-electron chi connectivity index (χ1n) is 4.93. The van der Waals surface area contributed by atoms with E-state index in [1.807, 2.05) is 0 Å². The molecule has 17 heavy (non-hydrogen) atoms. The molecule has 0 saturated carbocycles. The molecule has 0 aliphatic heterocycles. The van der Waals surface area contributed by atoms with Gasteiger partial charge in [-0.25, -0.2) is 0 Å². The summed E-state index contributed by atoms with van der Waals surface area (Å²) in [7, 11) is 1.70. The lowest BCUT2D eigenvalue weighted by atomic mass is 10.2. The van der Waals surface area contributed by atoms with Gasteiger partial charge in [0, 0.05) is 24.7 Å². The maximum Gasteiger partial charge on any atom is 0.306 e. The van der Waals surface area contributed by atoms with E-state index in [9.17, 15) is 19.3 Å². The average molecular weight is 241 g/mol. The zero-order valence-corrected chi connectivity index (χ0v) is 9.20. The summed E-state index contributed by atoms with van der Waals surface area (Å²) in [5.41, 5.74) is -0.449. The van der Waals surface area contributed by atoms with Crippen molar-refractivity contribution in [1.82, 2.24) is 5.32 Å². The number of nitro groups is 1. The molecule has 92 valence electrons. The number of amides is 1. The maximum absolute atomic E-state index is 13.0. The van der Waals surface area contributed by atoms with Gasteiger partial charge in [0.1, 0.15) is 0 Å². The highest BCUT2D eigenvalue weighted by Gasteiger charge is 2.14. The summed E-state index contributed by atoms with van der Waals surface area (Å²) >= 11 is 0. The van der Waals surface area contributed by atoms with Crippen LogP contribution in [-0.2, 0) is 4.79 Å². The maximum atomic E-state index is 13.0. The number of hydrogen-bond acceptors (Lipinski definition) is 4. The molecule has 0 bridgehead atoms. The molecule has 0 aliphatic rings. The van der Waals surface area contributed by atoms with E-state index in [0.717, 1.165) is 12.1 Å². The Hall–Kier alpha value is -2.02. The monoisotopic (exact) mass is 241 g/mol. The van der Waals surface area contributed by atoms with Gasteiger partial charge >= 0.3 is 5.69 Å². The Morgan fingerprint density at radius 3 is 2.82 bits per heavy atom. The molecule has 0 heterocycles. The second-order valence-electron chi connectivity index (χ2n) is 3.33. The van der Waals surface area contributed by atoms with Crippen molar-refractivity contribution < 1.29 is 14.1 Å². The van der Waals surface area contributed by atoms with Crippen molar-refractivity contribution in [1.29, 1.82) is 0 Å². The fourth-order valence-electron chi connectivity index (χ4n) is 1.19. The van der Waals surface area contributed by atoms with Crippen molar-refractivity contribution in [2.24, 2.45) is 0 Å². The fraction of sp³-hybridized carbons (Fsp3) is 0.300. The van der Waals surface area contributed by atoms with Gasteiger partial charge in [0.15, 0.2) is 0 Å². The van der Waals surface area contributed by atoms with Crippen LogP contribution in [0.25, 0.3) is 0 Å². The van der Waals surface area contributed by atoms with Crippen LogP contribution in [-0.4, -0.2) is 24.4 Å². The number of benzene rings is 1. The number of nitrogens with one attached hydrogen (secondary N) is 2. The third-order valence-corrected chi connectivity index (χ3v) is 2.03. The molecule has 0 atom stereocenters. The number of carbonyl (C=O) groups excluding carboxylic acids is 1.